The van der Waals surface area contributed by atoms with Crippen LogP contribution in [0.3, 0.4) is 0 Å². The molecule has 0 unspecified atom stereocenters. The molecule has 34 heavy (non-hydrogen) atoms. The van der Waals surface area contributed by atoms with E-state index in [0.717, 1.165) is 11.1 Å². The van der Waals surface area contributed by atoms with Crippen molar-refractivity contribution >= 4 is 23.3 Å². The molecule has 176 valence electrons. The Morgan fingerprint density at radius 3 is 1.76 bits per heavy atom. The summed E-state index contributed by atoms with van der Waals surface area (Å²) in [6.45, 7) is -0.578. The number of benzene rings is 3. The van der Waals surface area contributed by atoms with Gasteiger partial charge < -0.3 is 19.1 Å². The number of carbonyl (C=O) groups is 2. The highest BCUT2D eigenvalue weighted by atomic mass is 16.6. The van der Waals surface area contributed by atoms with Gasteiger partial charge in [-0.25, -0.2) is 0 Å². The van der Waals surface area contributed by atoms with Crippen LogP contribution in [0.4, 0.5) is 11.4 Å². The van der Waals surface area contributed by atoms with Crippen LogP contribution in [0.15, 0.2) is 78.9 Å². The Morgan fingerprint density at radius 2 is 1.32 bits per heavy atom. The Morgan fingerprint density at radius 1 is 0.824 bits per heavy atom. The molecule has 0 aliphatic heterocycles. The molecule has 9 heteroatoms. The van der Waals surface area contributed by atoms with Crippen molar-refractivity contribution in [2.24, 2.45) is 0 Å². The molecular weight excluding hydrogens is 440 g/mol. The van der Waals surface area contributed by atoms with Crippen LogP contribution in [-0.4, -0.2) is 37.1 Å². The van der Waals surface area contributed by atoms with E-state index in [4.69, 9.17) is 14.2 Å². The zero-order valence-electron chi connectivity index (χ0n) is 18.6. The first-order chi connectivity index (χ1) is 16.5. The molecule has 0 radical (unpaired) electrons. The Kier molecular flexibility index (Phi) is 8.56. The van der Waals surface area contributed by atoms with Gasteiger partial charge in [-0.2, -0.15) is 0 Å². The van der Waals surface area contributed by atoms with E-state index in [2.05, 4.69) is 0 Å². The Labute approximate surface area is 196 Å². The number of nitro benzene ring substituents is 1. The smallest absolute Gasteiger partial charge is 0.325 e. The zero-order valence-corrected chi connectivity index (χ0v) is 18.6. The van der Waals surface area contributed by atoms with Gasteiger partial charge >= 0.3 is 11.9 Å². The van der Waals surface area contributed by atoms with Crippen molar-refractivity contribution in [2.75, 3.05) is 25.1 Å². The summed E-state index contributed by atoms with van der Waals surface area (Å²) < 4.78 is 16.0. The number of hydrogen-bond donors (Lipinski definition) is 0. The van der Waals surface area contributed by atoms with Crippen LogP contribution >= 0.6 is 0 Å². The van der Waals surface area contributed by atoms with Gasteiger partial charge in [-0.15, -0.1) is 0 Å². The minimum Gasteiger partial charge on any atom is -0.495 e. The van der Waals surface area contributed by atoms with E-state index in [1.165, 1.54) is 30.2 Å². The van der Waals surface area contributed by atoms with Gasteiger partial charge in [0.15, 0.2) is 0 Å². The maximum absolute atomic E-state index is 12.6. The normalized spacial score (nSPS) is 10.3. The third-order valence-electron chi connectivity index (χ3n) is 4.84. The number of nitro groups is 1. The predicted molar refractivity (Wildman–Crippen MR) is 124 cm³/mol. The second-order valence-electron chi connectivity index (χ2n) is 7.26. The fourth-order valence-corrected chi connectivity index (χ4v) is 3.14. The summed E-state index contributed by atoms with van der Waals surface area (Å²) in [5.74, 6) is -0.973. The monoisotopic (exact) mass is 464 g/mol. The standard InChI is InChI=1S/C25H24N2O7/c1-32-23-13-12-21(27(30)31)14-22(23)26(15-24(28)33-17-19-8-4-2-5-9-19)16-25(29)34-18-20-10-6-3-7-11-20/h2-14H,15-18H2,1H3. The first-order valence-corrected chi connectivity index (χ1v) is 10.4. The van der Waals surface area contributed by atoms with Crippen molar-refractivity contribution in [1.82, 2.24) is 0 Å². The van der Waals surface area contributed by atoms with Gasteiger partial charge in [0, 0.05) is 12.1 Å². The fraction of sp³-hybridized carbons (Fsp3) is 0.200. The Bertz CT molecular complexity index is 1060. The van der Waals surface area contributed by atoms with Crippen LogP contribution in [-0.2, 0) is 32.3 Å². The maximum Gasteiger partial charge on any atom is 0.325 e. The van der Waals surface area contributed by atoms with Crippen molar-refractivity contribution in [3.05, 3.63) is 100 Å². The quantitative estimate of drug-likeness (QED) is 0.239. The summed E-state index contributed by atoms with van der Waals surface area (Å²) in [7, 11) is 1.39. The number of non-ortho nitro benzene ring substituents is 1. The van der Waals surface area contributed by atoms with E-state index >= 15 is 0 Å². The van der Waals surface area contributed by atoms with Gasteiger partial charge in [0.1, 0.15) is 32.1 Å². The number of anilines is 1. The van der Waals surface area contributed by atoms with Crippen LogP contribution < -0.4 is 9.64 Å². The third kappa shape index (κ3) is 7.06. The van der Waals surface area contributed by atoms with E-state index in [-0.39, 0.29) is 43.4 Å². The number of methoxy groups -OCH3 is 1. The van der Waals surface area contributed by atoms with E-state index in [0.29, 0.717) is 0 Å². The molecule has 0 saturated carbocycles. The van der Waals surface area contributed by atoms with Crippen LogP contribution in [0.1, 0.15) is 11.1 Å². The lowest BCUT2D eigenvalue weighted by Crippen LogP contribution is -2.36. The van der Waals surface area contributed by atoms with Crippen molar-refractivity contribution in [2.45, 2.75) is 13.2 Å². The SMILES string of the molecule is COc1ccc([N+](=O)[O-])cc1N(CC(=O)OCc1ccccc1)CC(=O)OCc1ccccc1. The van der Waals surface area contributed by atoms with Crippen molar-refractivity contribution in [3.8, 4) is 5.75 Å². The second-order valence-corrected chi connectivity index (χ2v) is 7.26. The lowest BCUT2D eigenvalue weighted by Gasteiger charge is -2.24. The minimum atomic E-state index is -0.617. The first kappa shape index (κ1) is 24.2. The molecule has 0 heterocycles. The van der Waals surface area contributed by atoms with Crippen molar-refractivity contribution in [1.29, 1.82) is 0 Å². The Balaban J connectivity index is 1.76. The van der Waals surface area contributed by atoms with E-state index < -0.39 is 16.9 Å². The van der Waals surface area contributed by atoms with Crippen LogP contribution in [0, 0.1) is 10.1 Å². The van der Waals surface area contributed by atoms with Crippen LogP contribution in [0.25, 0.3) is 0 Å². The molecule has 0 N–H and O–H groups in total. The average Bonchev–Trinajstić information content (AvgIpc) is 2.86. The number of ether oxygens (including phenoxy) is 3. The summed E-state index contributed by atoms with van der Waals surface area (Å²) >= 11 is 0. The van der Waals surface area contributed by atoms with E-state index in [9.17, 15) is 19.7 Å². The zero-order chi connectivity index (χ0) is 24.3. The molecule has 0 aliphatic rings. The topological polar surface area (TPSA) is 108 Å². The highest BCUT2D eigenvalue weighted by molar-refractivity contribution is 5.83. The molecule has 0 atom stereocenters. The number of carbonyl (C=O) groups excluding carboxylic acids is 2. The summed E-state index contributed by atoms with van der Waals surface area (Å²) in [5.41, 5.74) is 1.59. The van der Waals surface area contributed by atoms with Gasteiger partial charge in [-0.1, -0.05) is 60.7 Å². The molecule has 0 aliphatic carbocycles. The largest absolute Gasteiger partial charge is 0.495 e. The van der Waals surface area contributed by atoms with Crippen LogP contribution in [0.5, 0.6) is 5.75 Å². The molecule has 0 amide bonds. The molecule has 3 aromatic carbocycles. The average molecular weight is 464 g/mol. The van der Waals surface area contributed by atoms with Gasteiger partial charge in [0.25, 0.3) is 5.69 Å². The third-order valence-corrected chi connectivity index (χ3v) is 4.84. The summed E-state index contributed by atoms with van der Waals surface area (Å²) in [4.78, 5) is 37.3. The van der Waals surface area contributed by atoms with Gasteiger partial charge in [0.2, 0.25) is 0 Å². The van der Waals surface area contributed by atoms with Crippen molar-refractivity contribution < 1.29 is 28.7 Å². The molecule has 0 spiro atoms. The summed E-state index contributed by atoms with van der Waals surface area (Å²) in [6, 6.07) is 22.2. The molecule has 0 bridgehead atoms. The minimum absolute atomic E-state index is 0.0536. The predicted octanol–water partition coefficient (Wildman–Crippen LogP) is 3.90. The molecule has 9 nitrogen and oxygen atoms in total. The Hall–Kier alpha value is -4.40. The fourth-order valence-electron chi connectivity index (χ4n) is 3.14. The number of hydrogen-bond acceptors (Lipinski definition) is 8. The second kappa shape index (κ2) is 12.0. The van der Waals surface area contributed by atoms with E-state index in [1.54, 1.807) is 0 Å². The highest BCUT2D eigenvalue weighted by Crippen LogP contribution is 2.32. The molecule has 3 aromatic rings. The molecule has 0 saturated heterocycles. The maximum atomic E-state index is 12.6. The highest BCUT2D eigenvalue weighted by Gasteiger charge is 2.23. The lowest BCUT2D eigenvalue weighted by atomic mass is 10.2. The lowest BCUT2D eigenvalue weighted by molar-refractivity contribution is -0.384. The number of nitrogens with zero attached hydrogens (tertiary/aromatic N) is 2. The van der Waals surface area contributed by atoms with Gasteiger partial charge in [-0.05, 0) is 17.2 Å². The molecule has 0 aromatic heterocycles. The molecule has 0 fully saturated rings. The number of esters is 2. The van der Waals surface area contributed by atoms with Gasteiger partial charge in [0.05, 0.1) is 17.7 Å². The molecular formula is C25H24N2O7. The summed E-state index contributed by atoms with van der Waals surface area (Å²) in [6.07, 6.45) is 0. The van der Waals surface area contributed by atoms with E-state index in [1.807, 2.05) is 60.7 Å². The van der Waals surface area contributed by atoms with Gasteiger partial charge in [-0.3, -0.25) is 19.7 Å². The summed E-state index contributed by atoms with van der Waals surface area (Å²) in [5, 5.41) is 11.3. The van der Waals surface area contributed by atoms with Crippen LogP contribution in [0.2, 0.25) is 0 Å². The first-order valence-electron chi connectivity index (χ1n) is 10.4. The number of rotatable bonds is 11. The van der Waals surface area contributed by atoms with Crippen molar-refractivity contribution in [3.63, 3.8) is 0 Å². The molecule has 3 rings (SSSR count).